The first-order valence-corrected chi connectivity index (χ1v) is 7.47. The Hall–Kier alpha value is -2.13. The first-order chi connectivity index (χ1) is 10.3. The third-order valence-corrected chi connectivity index (χ3v) is 3.84. The van der Waals surface area contributed by atoms with Crippen molar-refractivity contribution in [3.8, 4) is 11.4 Å². The molecule has 1 aliphatic carbocycles. The van der Waals surface area contributed by atoms with Gasteiger partial charge in [-0.15, -0.1) is 0 Å². The molecule has 0 amide bonds. The van der Waals surface area contributed by atoms with Gasteiger partial charge in [-0.3, -0.25) is 0 Å². The van der Waals surface area contributed by atoms with Crippen molar-refractivity contribution < 1.29 is 0 Å². The van der Waals surface area contributed by atoms with Crippen molar-refractivity contribution >= 4 is 28.3 Å². The van der Waals surface area contributed by atoms with Crippen LogP contribution in [-0.2, 0) is 0 Å². The van der Waals surface area contributed by atoms with Crippen molar-refractivity contribution in [3.05, 3.63) is 53.6 Å². The van der Waals surface area contributed by atoms with Crippen molar-refractivity contribution in [2.24, 2.45) is 0 Å². The zero-order valence-corrected chi connectivity index (χ0v) is 12.1. The largest absolute Gasteiger partial charge is 0.367 e. The van der Waals surface area contributed by atoms with Crippen LogP contribution in [0.25, 0.3) is 22.3 Å². The Morgan fingerprint density at radius 3 is 2.57 bits per heavy atom. The molecule has 4 rings (SSSR count). The standard InChI is InChI=1S/C17H14ClN3/c18-12-6-9-14-15(10-12)20-16(11-4-2-1-3-5-11)21-17(14)19-13-7-8-13/h1-6,9-10,13H,7-8H2,(H,19,20,21). The fourth-order valence-electron chi connectivity index (χ4n) is 2.35. The van der Waals surface area contributed by atoms with Crippen molar-refractivity contribution in [3.63, 3.8) is 0 Å². The molecule has 1 aromatic heterocycles. The Morgan fingerprint density at radius 1 is 1.00 bits per heavy atom. The Morgan fingerprint density at radius 2 is 1.81 bits per heavy atom. The minimum Gasteiger partial charge on any atom is -0.367 e. The van der Waals surface area contributed by atoms with Crippen LogP contribution in [0.1, 0.15) is 12.8 Å². The van der Waals surface area contributed by atoms with Crippen molar-refractivity contribution in [1.82, 2.24) is 9.97 Å². The van der Waals surface area contributed by atoms with Crippen LogP contribution in [0, 0.1) is 0 Å². The molecule has 2 aromatic carbocycles. The van der Waals surface area contributed by atoms with E-state index in [4.69, 9.17) is 16.6 Å². The number of aromatic nitrogens is 2. The topological polar surface area (TPSA) is 37.8 Å². The van der Waals surface area contributed by atoms with Gasteiger partial charge in [0.1, 0.15) is 5.82 Å². The summed E-state index contributed by atoms with van der Waals surface area (Å²) in [7, 11) is 0. The maximum atomic E-state index is 6.11. The van der Waals surface area contributed by atoms with E-state index in [1.807, 2.05) is 48.5 Å². The number of benzene rings is 2. The molecule has 3 aromatic rings. The van der Waals surface area contributed by atoms with Crippen LogP contribution in [0.2, 0.25) is 5.02 Å². The smallest absolute Gasteiger partial charge is 0.162 e. The van der Waals surface area contributed by atoms with Crippen LogP contribution >= 0.6 is 11.6 Å². The van der Waals surface area contributed by atoms with Gasteiger partial charge in [0.25, 0.3) is 0 Å². The van der Waals surface area contributed by atoms with Gasteiger partial charge in [0, 0.05) is 22.0 Å². The lowest BCUT2D eigenvalue weighted by atomic mass is 10.2. The average molecular weight is 296 g/mol. The fourth-order valence-corrected chi connectivity index (χ4v) is 2.52. The first-order valence-electron chi connectivity index (χ1n) is 7.09. The van der Waals surface area contributed by atoms with Crippen LogP contribution in [0.4, 0.5) is 5.82 Å². The van der Waals surface area contributed by atoms with Gasteiger partial charge in [0.15, 0.2) is 5.82 Å². The number of anilines is 1. The van der Waals surface area contributed by atoms with Gasteiger partial charge in [-0.1, -0.05) is 41.9 Å². The van der Waals surface area contributed by atoms with E-state index in [0.717, 1.165) is 28.1 Å². The molecule has 1 fully saturated rings. The Labute approximate surface area is 128 Å². The number of hydrogen-bond acceptors (Lipinski definition) is 3. The third kappa shape index (κ3) is 2.57. The van der Waals surface area contributed by atoms with Gasteiger partial charge in [-0.25, -0.2) is 9.97 Å². The van der Waals surface area contributed by atoms with Crippen LogP contribution < -0.4 is 5.32 Å². The molecule has 1 N–H and O–H groups in total. The Bertz CT molecular complexity index is 798. The minimum absolute atomic E-state index is 0.544. The summed E-state index contributed by atoms with van der Waals surface area (Å²) in [5.41, 5.74) is 1.89. The number of halogens is 1. The molecule has 0 radical (unpaired) electrons. The van der Waals surface area contributed by atoms with E-state index in [2.05, 4.69) is 10.3 Å². The molecule has 1 saturated carbocycles. The predicted molar refractivity (Wildman–Crippen MR) is 86.6 cm³/mol. The summed E-state index contributed by atoms with van der Waals surface area (Å²) in [6.45, 7) is 0. The van der Waals surface area contributed by atoms with Crippen LogP contribution in [0.15, 0.2) is 48.5 Å². The van der Waals surface area contributed by atoms with E-state index < -0.39 is 0 Å². The highest BCUT2D eigenvalue weighted by atomic mass is 35.5. The summed E-state index contributed by atoms with van der Waals surface area (Å²) < 4.78 is 0. The van der Waals surface area contributed by atoms with Crippen molar-refractivity contribution in [1.29, 1.82) is 0 Å². The maximum absolute atomic E-state index is 6.11. The highest BCUT2D eigenvalue weighted by molar-refractivity contribution is 6.31. The van der Waals surface area contributed by atoms with Crippen molar-refractivity contribution in [2.45, 2.75) is 18.9 Å². The second-order valence-electron chi connectivity index (χ2n) is 5.34. The number of fused-ring (bicyclic) bond motifs is 1. The molecule has 3 nitrogen and oxygen atoms in total. The molecule has 0 bridgehead atoms. The summed E-state index contributed by atoms with van der Waals surface area (Å²) in [5, 5.41) is 5.21. The van der Waals surface area contributed by atoms with Gasteiger partial charge in [-0.2, -0.15) is 0 Å². The maximum Gasteiger partial charge on any atom is 0.162 e. The summed E-state index contributed by atoms with van der Waals surface area (Å²) >= 11 is 6.11. The highest BCUT2D eigenvalue weighted by Gasteiger charge is 2.23. The Kier molecular flexibility index (Phi) is 3.00. The summed E-state index contributed by atoms with van der Waals surface area (Å²) in [6, 6.07) is 16.3. The molecule has 0 aliphatic heterocycles. The van der Waals surface area contributed by atoms with Crippen LogP contribution in [0.3, 0.4) is 0 Å². The Balaban J connectivity index is 1.91. The van der Waals surface area contributed by atoms with Crippen molar-refractivity contribution in [2.75, 3.05) is 5.32 Å². The number of rotatable bonds is 3. The second-order valence-corrected chi connectivity index (χ2v) is 5.78. The lowest BCUT2D eigenvalue weighted by Crippen LogP contribution is -2.05. The van der Waals surface area contributed by atoms with E-state index in [1.165, 1.54) is 12.8 Å². The normalized spacial score (nSPS) is 14.3. The number of nitrogens with one attached hydrogen (secondary N) is 1. The van der Waals surface area contributed by atoms with Gasteiger partial charge < -0.3 is 5.32 Å². The summed E-state index contributed by atoms with van der Waals surface area (Å²) in [6.07, 6.45) is 2.42. The third-order valence-electron chi connectivity index (χ3n) is 3.61. The van der Waals surface area contributed by atoms with E-state index in [0.29, 0.717) is 11.1 Å². The molecule has 0 unspecified atom stereocenters. The molecule has 1 aliphatic rings. The SMILES string of the molecule is Clc1ccc2c(NC3CC3)nc(-c3ccccc3)nc2c1. The van der Waals surface area contributed by atoms with Crippen LogP contribution in [-0.4, -0.2) is 16.0 Å². The van der Waals surface area contributed by atoms with Crippen LogP contribution in [0.5, 0.6) is 0 Å². The van der Waals surface area contributed by atoms with E-state index >= 15 is 0 Å². The molecule has 104 valence electrons. The molecule has 4 heteroatoms. The van der Waals surface area contributed by atoms with E-state index in [9.17, 15) is 0 Å². The zero-order valence-electron chi connectivity index (χ0n) is 11.4. The molecule has 21 heavy (non-hydrogen) atoms. The van der Waals surface area contributed by atoms with E-state index in [1.54, 1.807) is 0 Å². The highest BCUT2D eigenvalue weighted by Crippen LogP contribution is 2.31. The summed E-state index contributed by atoms with van der Waals surface area (Å²) in [4.78, 5) is 9.37. The number of hydrogen-bond donors (Lipinski definition) is 1. The monoisotopic (exact) mass is 295 g/mol. The zero-order chi connectivity index (χ0) is 14.2. The van der Waals surface area contributed by atoms with E-state index in [-0.39, 0.29) is 0 Å². The van der Waals surface area contributed by atoms with Gasteiger partial charge in [-0.05, 0) is 31.0 Å². The number of nitrogens with zero attached hydrogens (tertiary/aromatic N) is 2. The molecule has 0 spiro atoms. The predicted octanol–water partition coefficient (Wildman–Crippen LogP) is 4.52. The van der Waals surface area contributed by atoms with Gasteiger partial charge in [0.2, 0.25) is 0 Å². The lowest BCUT2D eigenvalue weighted by Gasteiger charge is -2.10. The van der Waals surface area contributed by atoms with Gasteiger partial charge >= 0.3 is 0 Å². The quantitative estimate of drug-likeness (QED) is 0.772. The minimum atomic E-state index is 0.544. The first kappa shape index (κ1) is 12.6. The second kappa shape index (κ2) is 5.01. The fraction of sp³-hybridized carbons (Fsp3) is 0.176. The lowest BCUT2D eigenvalue weighted by molar-refractivity contribution is 1.11. The molecular weight excluding hydrogens is 282 g/mol. The average Bonchev–Trinajstić information content (AvgIpc) is 3.31. The molecular formula is C17H14ClN3. The summed E-state index contributed by atoms with van der Waals surface area (Å²) in [5.74, 6) is 1.63. The van der Waals surface area contributed by atoms with Gasteiger partial charge in [0.05, 0.1) is 5.52 Å². The molecule has 1 heterocycles. The molecule has 0 atom stereocenters. The molecule has 0 saturated heterocycles.